The number of nitrogens with two attached hydrogens (primary N) is 1. The Kier molecular flexibility index (Phi) is 5.29. The van der Waals surface area contributed by atoms with E-state index in [1.807, 2.05) is 0 Å². The molecule has 0 aliphatic rings. The molecule has 1 aromatic carbocycles. The number of allylic oxidation sites excluding steroid dienone is 1. The summed E-state index contributed by atoms with van der Waals surface area (Å²) in [4.78, 5) is 11.2. The summed E-state index contributed by atoms with van der Waals surface area (Å²) in [6.07, 6.45) is 3.66. The molecule has 0 aliphatic heterocycles. The Labute approximate surface area is 111 Å². The highest BCUT2D eigenvalue weighted by molar-refractivity contribution is 5.99. The molecule has 1 aromatic rings. The number of hydrogen-bond acceptors (Lipinski definition) is 4. The number of aromatic hydroxyl groups is 1. The van der Waals surface area contributed by atoms with Crippen molar-refractivity contribution in [1.82, 2.24) is 0 Å². The van der Waals surface area contributed by atoms with Gasteiger partial charge >= 0.3 is 0 Å². The molecule has 0 aromatic heterocycles. The highest BCUT2D eigenvalue weighted by Gasteiger charge is 2.13. The van der Waals surface area contributed by atoms with Gasteiger partial charge < -0.3 is 21.1 Å². The van der Waals surface area contributed by atoms with Gasteiger partial charge in [-0.1, -0.05) is 36.4 Å². The van der Waals surface area contributed by atoms with Crippen molar-refractivity contribution < 1.29 is 20.1 Å². The van der Waals surface area contributed by atoms with Gasteiger partial charge in [-0.05, 0) is 18.6 Å². The van der Waals surface area contributed by atoms with E-state index in [1.165, 1.54) is 24.3 Å². The van der Waals surface area contributed by atoms with Crippen LogP contribution in [0.1, 0.15) is 22.8 Å². The Bertz CT molecular complexity index is 508. The minimum Gasteiger partial charge on any atom is -0.507 e. The van der Waals surface area contributed by atoms with E-state index in [2.05, 4.69) is 0 Å². The molecule has 2 atom stereocenters. The van der Waals surface area contributed by atoms with Gasteiger partial charge in [0.2, 0.25) is 0 Å². The first-order valence-electron chi connectivity index (χ1n) is 5.76. The number of carbonyl (C=O) groups excluding carboxylic acids is 1. The molecule has 0 saturated carbocycles. The largest absolute Gasteiger partial charge is 0.507 e. The molecule has 0 bridgehead atoms. The number of aliphatic hydroxyl groups excluding tert-OH is 2. The van der Waals surface area contributed by atoms with E-state index < -0.39 is 18.1 Å². The van der Waals surface area contributed by atoms with Gasteiger partial charge in [0.15, 0.2) is 0 Å². The maximum absolute atomic E-state index is 11.2. The number of benzene rings is 1. The highest BCUT2D eigenvalue weighted by atomic mass is 16.3. The molecule has 19 heavy (non-hydrogen) atoms. The monoisotopic (exact) mass is 263 g/mol. The van der Waals surface area contributed by atoms with E-state index in [4.69, 9.17) is 5.73 Å². The number of hydrogen-bond donors (Lipinski definition) is 4. The fourth-order valence-corrected chi connectivity index (χ4v) is 1.59. The molecule has 0 saturated heterocycles. The lowest BCUT2D eigenvalue weighted by Crippen LogP contribution is -2.21. The molecular weight excluding hydrogens is 246 g/mol. The van der Waals surface area contributed by atoms with E-state index >= 15 is 0 Å². The molecular formula is C14H17NO4. The van der Waals surface area contributed by atoms with Crippen molar-refractivity contribution in [1.29, 1.82) is 0 Å². The summed E-state index contributed by atoms with van der Waals surface area (Å²) >= 11 is 0. The molecule has 5 heteroatoms. The number of primary amides is 1. The molecule has 1 amide bonds. The van der Waals surface area contributed by atoms with Crippen LogP contribution in [0, 0.1) is 0 Å². The number of aliphatic hydroxyl groups is 2. The maximum atomic E-state index is 11.2. The second kappa shape index (κ2) is 6.72. The van der Waals surface area contributed by atoms with Crippen molar-refractivity contribution >= 4 is 12.0 Å². The molecule has 102 valence electrons. The first-order chi connectivity index (χ1) is 8.97. The molecule has 0 fully saturated rings. The number of phenols is 1. The SMILES string of the molecule is CC=CC(O)C(O)C=Cc1cccc(O)c1C(N)=O. The van der Waals surface area contributed by atoms with Gasteiger partial charge in [-0.25, -0.2) is 0 Å². The molecule has 0 spiro atoms. The quantitative estimate of drug-likeness (QED) is 0.590. The summed E-state index contributed by atoms with van der Waals surface area (Å²) < 4.78 is 0. The van der Waals surface area contributed by atoms with Crippen LogP contribution in [0.25, 0.3) is 6.08 Å². The van der Waals surface area contributed by atoms with Crippen LogP contribution in [0.2, 0.25) is 0 Å². The Morgan fingerprint density at radius 1 is 1.26 bits per heavy atom. The van der Waals surface area contributed by atoms with Gasteiger partial charge in [0.25, 0.3) is 5.91 Å². The lowest BCUT2D eigenvalue weighted by atomic mass is 10.0. The zero-order valence-electron chi connectivity index (χ0n) is 10.5. The predicted octanol–water partition coefficient (Wildman–Crippen LogP) is 0.802. The average molecular weight is 263 g/mol. The molecule has 2 unspecified atom stereocenters. The number of amides is 1. The van der Waals surface area contributed by atoms with Gasteiger partial charge in [-0.15, -0.1) is 0 Å². The molecule has 5 N–H and O–H groups in total. The van der Waals surface area contributed by atoms with Gasteiger partial charge in [-0.2, -0.15) is 0 Å². The third-order valence-electron chi connectivity index (χ3n) is 2.53. The van der Waals surface area contributed by atoms with Crippen molar-refractivity contribution in [2.75, 3.05) is 0 Å². The summed E-state index contributed by atoms with van der Waals surface area (Å²) in [5.41, 5.74) is 5.53. The Morgan fingerprint density at radius 3 is 2.47 bits per heavy atom. The summed E-state index contributed by atoms with van der Waals surface area (Å²) in [6, 6.07) is 4.48. The molecule has 0 heterocycles. The van der Waals surface area contributed by atoms with E-state index in [0.717, 1.165) is 0 Å². The van der Waals surface area contributed by atoms with Crippen molar-refractivity contribution in [3.05, 3.63) is 47.6 Å². The number of rotatable bonds is 5. The number of carbonyl (C=O) groups is 1. The van der Waals surface area contributed by atoms with Crippen LogP contribution >= 0.6 is 0 Å². The smallest absolute Gasteiger partial charge is 0.253 e. The van der Waals surface area contributed by atoms with Crippen molar-refractivity contribution in [3.8, 4) is 5.75 Å². The Morgan fingerprint density at radius 2 is 1.89 bits per heavy atom. The topological polar surface area (TPSA) is 104 Å². The van der Waals surface area contributed by atoms with Gasteiger partial charge in [0.05, 0.1) is 5.56 Å². The average Bonchev–Trinajstić information content (AvgIpc) is 2.35. The fourth-order valence-electron chi connectivity index (χ4n) is 1.59. The van der Waals surface area contributed by atoms with E-state index in [1.54, 1.807) is 25.1 Å². The Balaban J connectivity index is 3.00. The van der Waals surface area contributed by atoms with Crippen LogP contribution in [0.5, 0.6) is 5.75 Å². The van der Waals surface area contributed by atoms with E-state index in [0.29, 0.717) is 5.56 Å². The Hall–Kier alpha value is -2.11. The second-order valence-electron chi connectivity index (χ2n) is 3.97. The van der Waals surface area contributed by atoms with Gasteiger partial charge in [0, 0.05) is 0 Å². The zero-order chi connectivity index (χ0) is 14.4. The summed E-state index contributed by atoms with van der Waals surface area (Å²) in [6.45, 7) is 1.72. The molecule has 0 aliphatic carbocycles. The van der Waals surface area contributed by atoms with E-state index in [-0.39, 0.29) is 11.3 Å². The second-order valence-corrected chi connectivity index (χ2v) is 3.97. The van der Waals surface area contributed by atoms with Crippen LogP contribution in [-0.4, -0.2) is 33.4 Å². The van der Waals surface area contributed by atoms with Crippen LogP contribution in [0.4, 0.5) is 0 Å². The van der Waals surface area contributed by atoms with Crippen LogP contribution in [0.15, 0.2) is 36.4 Å². The van der Waals surface area contributed by atoms with Gasteiger partial charge in [-0.3, -0.25) is 4.79 Å². The third kappa shape index (κ3) is 3.94. The van der Waals surface area contributed by atoms with Crippen LogP contribution < -0.4 is 5.73 Å². The normalized spacial score (nSPS) is 14.9. The molecule has 0 radical (unpaired) electrons. The van der Waals surface area contributed by atoms with Crippen molar-refractivity contribution in [2.24, 2.45) is 5.73 Å². The summed E-state index contributed by atoms with van der Waals surface area (Å²) in [5, 5.41) is 28.7. The lowest BCUT2D eigenvalue weighted by Gasteiger charge is -2.10. The fraction of sp³-hybridized carbons (Fsp3) is 0.214. The van der Waals surface area contributed by atoms with E-state index in [9.17, 15) is 20.1 Å². The van der Waals surface area contributed by atoms with Crippen LogP contribution in [0.3, 0.4) is 0 Å². The van der Waals surface area contributed by atoms with Crippen molar-refractivity contribution in [2.45, 2.75) is 19.1 Å². The van der Waals surface area contributed by atoms with Crippen molar-refractivity contribution in [3.63, 3.8) is 0 Å². The first-order valence-corrected chi connectivity index (χ1v) is 5.76. The minimum atomic E-state index is -1.11. The zero-order valence-corrected chi connectivity index (χ0v) is 10.5. The molecule has 5 nitrogen and oxygen atoms in total. The standard InChI is InChI=1S/C14H17NO4/c1-2-4-10(16)11(17)8-7-9-5-3-6-12(18)13(9)14(15)19/h2-8,10-11,16-18H,1H3,(H2,15,19). The lowest BCUT2D eigenvalue weighted by molar-refractivity contribution is 0.0812. The van der Waals surface area contributed by atoms with Gasteiger partial charge in [0.1, 0.15) is 18.0 Å². The molecule has 1 rings (SSSR count). The third-order valence-corrected chi connectivity index (χ3v) is 2.53. The first kappa shape index (κ1) is 14.9. The highest BCUT2D eigenvalue weighted by Crippen LogP contribution is 2.21. The predicted molar refractivity (Wildman–Crippen MR) is 72.5 cm³/mol. The minimum absolute atomic E-state index is 0.0218. The summed E-state index contributed by atoms with van der Waals surface area (Å²) in [5.74, 6) is -0.987. The summed E-state index contributed by atoms with van der Waals surface area (Å²) in [7, 11) is 0. The van der Waals surface area contributed by atoms with Crippen LogP contribution in [-0.2, 0) is 0 Å². The maximum Gasteiger partial charge on any atom is 0.253 e.